The minimum atomic E-state index is -0.000574. The normalized spacial score (nSPS) is 11.0. The van der Waals surface area contributed by atoms with Gasteiger partial charge in [-0.3, -0.25) is 4.79 Å². The van der Waals surface area contributed by atoms with Gasteiger partial charge in [-0.2, -0.15) is 0 Å². The van der Waals surface area contributed by atoms with Crippen molar-refractivity contribution >= 4 is 35.8 Å². The number of amides is 1. The number of carbonyl (C=O) groups is 1. The predicted octanol–water partition coefficient (Wildman–Crippen LogP) is 2.91. The van der Waals surface area contributed by atoms with Crippen molar-refractivity contribution in [3.63, 3.8) is 0 Å². The third kappa shape index (κ3) is 6.81. The van der Waals surface area contributed by atoms with Gasteiger partial charge in [0.25, 0.3) is 5.91 Å². The van der Waals surface area contributed by atoms with Gasteiger partial charge >= 0.3 is 0 Å². The van der Waals surface area contributed by atoms with Crippen molar-refractivity contribution in [1.29, 1.82) is 0 Å². The first-order valence-corrected chi connectivity index (χ1v) is 9.16. The second-order valence-corrected chi connectivity index (χ2v) is 6.57. The average Bonchev–Trinajstić information content (AvgIpc) is 2.97. The Bertz CT molecular complexity index is 765. The van der Waals surface area contributed by atoms with Crippen molar-refractivity contribution in [2.75, 3.05) is 27.2 Å². The van der Waals surface area contributed by atoms with E-state index in [4.69, 9.17) is 4.52 Å². The van der Waals surface area contributed by atoms with Crippen LogP contribution in [0.15, 0.2) is 33.8 Å². The molecule has 1 amide bonds. The van der Waals surface area contributed by atoms with Gasteiger partial charge in [-0.1, -0.05) is 17.3 Å². The Labute approximate surface area is 184 Å². The fraction of sp³-hybridized carbons (Fsp3) is 0.450. The zero-order valence-corrected chi connectivity index (χ0v) is 19.5. The van der Waals surface area contributed by atoms with Crippen LogP contribution in [0.4, 0.5) is 0 Å². The van der Waals surface area contributed by atoms with Crippen LogP contribution >= 0.6 is 24.0 Å². The molecule has 0 saturated heterocycles. The molecule has 154 valence electrons. The highest BCUT2D eigenvalue weighted by molar-refractivity contribution is 14.0. The lowest BCUT2D eigenvalue weighted by atomic mass is 10.1. The minimum Gasteiger partial charge on any atom is -0.361 e. The summed E-state index contributed by atoms with van der Waals surface area (Å²) in [4.78, 5) is 18.1. The maximum Gasteiger partial charge on any atom is 0.253 e. The van der Waals surface area contributed by atoms with Crippen molar-refractivity contribution in [3.05, 3.63) is 52.4 Å². The van der Waals surface area contributed by atoms with E-state index in [0.29, 0.717) is 12.1 Å². The van der Waals surface area contributed by atoms with Crippen molar-refractivity contribution in [3.8, 4) is 0 Å². The number of nitrogens with one attached hydrogen (secondary N) is 2. The van der Waals surface area contributed by atoms with E-state index in [1.807, 2.05) is 45.0 Å². The standard InChI is InChI=1S/C20H29N5O2.HI/c1-6-21-20(22-12-11-18-14(2)24-27-15(18)3)23-13-16-7-9-17(10-8-16)19(26)25(4)5;/h7-10H,6,11-13H2,1-5H3,(H2,21,22,23);1H. The van der Waals surface area contributed by atoms with Crippen LogP contribution in [0.1, 0.15) is 39.9 Å². The fourth-order valence-corrected chi connectivity index (χ4v) is 2.69. The van der Waals surface area contributed by atoms with Gasteiger partial charge in [-0.15, -0.1) is 24.0 Å². The molecule has 0 aliphatic rings. The molecule has 8 heteroatoms. The number of benzene rings is 1. The van der Waals surface area contributed by atoms with Crippen molar-refractivity contribution in [2.45, 2.75) is 33.7 Å². The van der Waals surface area contributed by atoms with Gasteiger partial charge in [0.1, 0.15) is 5.76 Å². The molecule has 2 N–H and O–H groups in total. The van der Waals surface area contributed by atoms with Gasteiger partial charge in [0.2, 0.25) is 0 Å². The molecular weight excluding hydrogens is 469 g/mol. The molecule has 1 aromatic carbocycles. The number of rotatable bonds is 7. The number of halogens is 1. The molecule has 0 bridgehead atoms. The molecule has 0 saturated carbocycles. The van der Waals surface area contributed by atoms with E-state index in [9.17, 15) is 4.79 Å². The van der Waals surface area contributed by atoms with E-state index in [1.165, 1.54) is 0 Å². The molecule has 28 heavy (non-hydrogen) atoms. The minimum absolute atomic E-state index is 0. The maximum atomic E-state index is 11.9. The highest BCUT2D eigenvalue weighted by Crippen LogP contribution is 2.12. The van der Waals surface area contributed by atoms with E-state index in [1.54, 1.807) is 19.0 Å². The summed E-state index contributed by atoms with van der Waals surface area (Å²) in [5, 5.41) is 10.6. The molecule has 0 atom stereocenters. The molecule has 1 aromatic heterocycles. The number of aromatic nitrogens is 1. The number of hydrogen-bond donors (Lipinski definition) is 2. The first kappa shape index (κ1) is 23.9. The molecule has 2 aromatic rings. The highest BCUT2D eigenvalue weighted by atomic mass is 127. The van der Waals surface area contributed by atoms with Gasteiger partial charge < -0.3 is 20.1 Å². The SMILES string of the molecule is CCNC(=NCc1ccc(C(=O)N(C)C)cc1)NCCc1c(C)noc1C.I. The summed E-state index contributed by atoms with van der Waals surface area (Å²) >= 11 is 0. The van der Waals surface area contributed by atoms with Crippen LogP contribution in [0.25, 0.3) is 0 Å². The van der Waals surface area contributed by atoms with Crippen LogP contribution in [0.3, 0.4) is 0 Å². The van der Waals surface area contributed by atoms with Crippen molar-refractivity contribution in [1.82, 2.24) is 20.7 Å². The van der Waals surface area contributed by atoms with Crippen LogP contribution in [0, 0.1) is 13.8 Å². The summed E-state index contributed by atoms with van der Waals surface area (Å²) in [7, 11) is 3.50. The number of hydrogen-bond acceptors (Lipinski definition) is 4. The first-order valence-electron chi connectivity index (χ1n) is 9.16. The van der Waals surface area contributed by atoms with Gasteiger partial charge in [0.05, 0.1) is 12.2 Å². The molecule has 1 heterocycles. The second-order valence-electron chi connectivity index (χ2n) is 6.57. The summed E-state index contributed by atoms with van der Waals surface area (Å²) < 4.78 is 5.20. The van der Waals surface area contributed by atoms with E-state index in [2.05, 4.69) is 20.8 Å². The number of guanidine groups is 1. The van der Waals surface area contributed by atoms with Crippen LogP contribution in [0.5, 0.6) is 0 Å². The Kier molecular flexibility index (Phi) is 9.98. The van der Waals surface area contributed by atoms with E-state index in [-0.39, 0.29) is 29.9 Å². The van der Waals surface area contributed by atoms with E-state index in [0.717, 1.165) is 48.1 Å². The Morgan fingerprint density at radius 3 is 2.39 bits per heavy atom. The second kappa shape index (κ2) is 11.7. The fourth-order valence-electron chi connectivity index (χ4n) is 2.69. The lowest BCUT2D eigenvalue weighted by Gasteiger charge is -2.12. The molecule has 0 aliphatic carbocycles. The monoisotopic (exact) mass is 499 g/mol. The molecular formula is C20H30IN5O2. The molecule has 0 spiro atoms. The number of aliphatic imine (C=N–C) groups is 1. The highest BCUT2D eigenvalue weighted by Gasteiger charge is 2.09. The molecule has 0 aliphatic heterocycles. The van der Waals surface area contributed by atoms with Crippen LogP contribution in [-0.4, -0.2) is 49.1 Å². The smallest absolute Gasteiger partial charge is 0.253 e. The summed E-state index contributed by atoms with van der Waals surface area (Å²) in [6.45, 7) is 7.98. The molecule has 7 nitrogen and oxygen atoms in total. The zero-order valence-electron chi connectivity index (χ0n) is 17.2. The summed E-state index contributed by atoms with van der Waals surface area (Å²) in [5.41, 5.74) is 3.80. The van der Waals surface area contributed by atoms with Crippen LogP contribution in [-0.2, 0) is 13.0 Å². The molecule has 0 fully saturated rings. The number of carbonyl (C=O) groups excluding carboxylic acids is 1. The Morgan fingerprint density at radius 2 is 1.86 bits per heavy atom. The predicted molar refractivity (Wildman–Crippen MR) is 122 cm³/mol. The van der Waals surface area contributed by atoms with E-state index >= 15 is 0 Å². The molecule has 2 rings (SSSR count). The lowest BCUT2D eigenvalue weighted by molar-refractivity contribution is 0.0827. The Hall–Kier alpha value is -2.10. The van der Waals surface area contributed by atoms with Crippen LogP contribution < -0.4 is 10.6 Å². The summed E-state index contributed by atoms with van der Waals surface area (Å²) in [6, 6.07) is 7.55. The van der Waals surface area contributed by atoms with Gasteiger partial charge in [0.15, 0.2) is 5.96 Å². The first-order chi connectivity index (χ1) is 12.9. The number of nitrogens with zero attached hydrogens (tertiary/aromatic N) is 3. The third-order valence-corrected chi connectivity index (χ3v) is 4.22. The third-order valence-electron chi connectivity index (χ3n) is 4.22. The van der Waals surface area contributed by atoms with Crippen molar-refractivity contribution in [2.24, 2.45) is 4.99 Å². The number of aryl methyl sites for hydroxylation is 2. The van der Waals surface area contributed by atoms with Crippen LogP contribution in [0.2, 0.25) is 0 Å². The quantitative estimate of drug-likeness (QED) is 0.348. The zero-order chi connectivity index (χ0) is 19.8. The average molecular weight is 499 g/mol. The molecule has 0 unspecified atom stereocenters. The van der Waals surface area contributed by atoms with Gasteiger partial charge in [-0.25, -0.2) is 4.99 Å². The largest absolute Gasteiger partial charge is 0.361 e. The lowest BCUT2D eigenvalue weighted by Crippen LogP contribution is -2.38. The van der Waals surface area contributed by atoms with Gasteiger partial charge in [-0.05, 0) is 44.9 Å². The summed E-state index contributed by atoms with van der Waals surface area (Å²) in [6.07, 6.45) is 0.826. The topological polar surface area (TPSA) is 82.8 Å². The molecule has 0 radical (unpaired) electrons. The van der Waals surface area contributed by atoms with E-state index < -0.39 is 0 Å². The Morgan fingerprint density at radius 1 is 1.18 bits per heavy atom. The summed E-state index contributed by atoms with van der Waals surface area (Å²) in [5.74, 6) is 1.63. The maximum absolute atomic E-state index is 11.9. The van der Waals surface area contributed by atoms with Gasteiger partial charge in [0, 0.05) is 38.3 Å². The Balaban J connectivity index is 0.00000392. The van der Waals surface area contributed by atoms with Crippen molar-refractivity contribution < 1.29 is 9.32 Å².